The Hall–Kier alpha value is -2.82. The second kappa shape index (κ2) is 5.88. The molecular formula is C9H8N4O6S. The summed E-state index contributed by atoms with van der Waals surface area (Å²) in [5, 5.41) is 23.7. The maximum Gasteiger partial charge on any atom is 0.338 e. The first-order valence-corrected chi connectivity index (χ1v) is 5.30. The molecule has 0 saturated heterocycles. The van der Waals surface area contributed by atoms with Gasteiger partial charge in [-0.15, -0.1) is 0 Å². The lowest BCUT2D eigenvalue weighted by Gasteiger charge is -2.07. The zero-order valence-corrected chi connectivity index (χ0v) is 10.8. The van der Waals surface area contributed by atoms with Crippen molar-refractivity contribution in [1.82, 2.24) is 0 Å². The molecule has 0 spiro atoms. The summed E-state index contributed by atoms with van der Waals surface area (Å²) in [6.45, 7) is 0. The summed E-state index contributed by atoms with van der Waals surface area (Å²) in [4.78, 5) is 31.4. The third-order valence-corrected chi connectivity index (χ3v) is 2.26. The molecular weight excluding hydrogens is 292 g/mol. The first-order valence-electron chi connectivity index (χ1n) is 4.89. The highest BCUT2D eigenvalue weighted by Crippen LogP contribution is 2.35. The lowest BCUT2D eigenvalue weighted by Crippen LogP contribution is -2.21. The van der Waals surface area contributed by atoms with Crippen LogP contribution < -0.4 is 11.1 Å². The van der Waals surface area contributed by atoms with Gasteiger partial charge in [0.2, 0.25) is 0 Å². The number of anilines is 1. The van der Waals surface area contributed by atoms with Crippen molar-refractivity contribution < 1.29 is 19.4 Å². The van der Waals surface area contributed by atoms with E-state index in [2.05, 4.69) is 22.3 Å². The monoisotopic (exact) mass is 300 g/mol. The number of ether oxygens (including phenoxy) is 1. The predicted molar refractivity (Wildman–Crippen MR) is 71.5 cm³/mol. The molecule has 1 aromatic carbocycles. The molecule has 0 bridgehead atoms. The van der Waals surface area contributed by atoms with Crippen LogP contribution in [0.25, 0.3) is 0 Å². The minimum absolute atomic E-state index is 0.334. The van der Waals surface area contributed by atoms with E-state index in [1.165, 1.54) is 0 Å². The highest BCUT2D eigenvalue weighted by Gasteiger charge is 2.29. The van der Waals surface area contributed by atoms with Gasteiger partial charge in [-0.05, 0) is 12.2 Å². The number of methoxy groups -OCH3 is 1. The molecule has 0 atom stereocenters. The molecule has 20 heavy (non-hydrogen) atoms. The van der Waals surface area contributed by atoms with Crippen LogP contribution >= 0.6 is 12.2 Å². The first-order chi connectivity index (χ1) is 9.27. The minimum Gasteiger partial charge on any atom is -0.465 e. The number of rotatable bonds is 4. The van der Waals surface area contributed by atoms with E-state index >= 15 is 0 Å². The van der Waals surface area contributed by atoms with E-state index in [0.717, 1.165) is 19.2 Å². The maximum absolute atomic E-state index is 11.4. The van der Waals surface area contributed by atoms with E-state index in [-0.39, 0.29) is 10.7 Å². The molecule has 1 aromatic rings. The largest absolute Gasteiger partial charge is 0.465 e. The number of nitrogens with two attached hydrogens (primary N) is 1. The average molecular weight is 300 g/mol. The summed E-state index contributed by atoms with van der Waals surface area (Å²) < 4.78 is 4.37. The molecule has 0 aliphatic carbocycles. The number of nitrogens with one attached hydrogen (secondary N) is 1. The van der Waals surface area contributed by atoms with Crippen molar-refractivity contribution in [1.29, 1.82) is 0 Å². The SMILES string of the molecule is COC(=O)c1cc([N+](=O)[O-])c(NC(N)=S)c([N+](=O)[O-])c1. The van der Waals surface area contributed by atoms with Crippen LogP contribution in [0.5, 0.6) is 0 Å². The Morgan fingerprint density at radius 2 is 1.75 bits per heavy atom. The van der Waals surface area contributed by atoms with E-state index in [1.54, 1.807) is 0 Å². The van der Waals surface area contributed by atoms with Gasteiger partial charge in [0.1, 0.15) is 0 Å². The molecule has 10 nitrogen and oxygen atoms in total. The summed E-state index contributed by atoms with van der Waals surface area (Å²) in [5.41, 5.74) is 2.91. The fourth-order valence-corrected chi connectivity index (χ4v) is 1.49. The molecule has 3 N–H and O–H groups in total. The lowest BCUT2D eigenvalue weighted by atomic mass is 10.1. The van der Waals surface area contributed by atoms with E-state index in [1.807, 2.05) is 0 Å². The highest BCUT2D eigenvalue weighted by molar-refractivity contribution is 7.80. The van der Waals surface area contributed by atoms with Gasteiger partial charge in [0.25, 0.3) is 0 Å². The van der Waals surface area contributed by atoms with Crippen molar-refractivity contribution in [3.8, 4) is 0 Å². The van der Waals surface area contributed by atoms with Crippen LogP contribution in [-0.4, -0.2) is 28.0 Å². The topological polar surface area (TPSA) is 151 Å². The van der Waals surface area contributed by atoms with Crippen LogP contribution in [0, 0.1) is 20.2 Å². The van der Waals surface area contributed by atoms with Gasteiger partial charge in [0.05, 0.1) is 22.5 Å². The predicted octanol–water partition coefficient (Wildman–Crippen LogP) is 0.945. The van der Waals surface area contributed by atoms with Gasteiger partial charge in [0.15, 0.2) is 10.8 Å². The Labute approximate surface area is 116 Å². The number of hydrogen-bond acceptors (Lipinski definition) is 7. The first kappa shape index (κ1) is 15.2. The smallest absolute Gasteiger partial charge is 0.338 e. The van der Waals surface area contributed by atoms with Crippen molar-refractivity contribution in [2.45, 2.75) is 0 Å². The average Bonchev–Trinajstić information content (AvgIpc) is 2.36. The zero-order valence-electron chi connectivity index (χ0n) is 9.98. The second-order valence-electron chi connectivity index (χ2n) is 3.38. The van der Waals surface area contributed by atoms with Crippen LogP contribution in [0.3, 0.4) is 0 Å². The molecule has 0 unspecified atom stereocenters. The summed E-state index contributed by atoms with van der Waals surface area (Å²) in [7, 11) is 1.04. The lowest BCUT2D eigenvalue weighted by molar-refractivity contribution is -0.392. The summed E-state index contributed by atoms with van der Waals surface area (Å²) >= 11 is 4.51. The highest BCUT2D eigenvalue weighted by atomic mass is 32.1. The molecule has 0 radical (unpaired) electrons. The number of nitro groups is 2. The Bertz CT molecular complexity index is 581. The maximum atomic E-state index is 11.4. The van der Waals surface area contributed by atoms with Gasteiger partial charge in [0, 0.05) is 12.1 Å². The van der Waals surface area contributed by atoms with Crippen molar-refractivity contribution in [2.75, 3.05) is 12.4 Å². The van der Waals surface area contributed by atoms with Crippen molar-refractivity contribution in [2.24, 2.45) is 5.73 Å². The summed E-state index contributed by atoms with van der Waals surface area (Å²) in [6, 6.07) is 1.67. The van der Waals surface area contributed by atoms with Gasteiger partial charge in [-0.25, -0.2) is 4.79 Å². The number of carbonyl (C=O) groups excluding carboxylic acids is 1. The molecule has 0 fully saturated rings. The Kier molecular flexibility index (Phi) is 4.48. The number of thiocarbonyl (C=S) groups is 1. The fourth-order valence-electron chi connectivity index (χ4n) is 1.39. The number of hydrogen-bond donors (Lipinski definition) is 2. The number of nitrogens with zero attached hydrogens (tertiary/aromatic N) is 2. The van der Waals surface area contributed by atoms with Crippen LogP contribution in [0.15, 0.2) is 12.1 Å². The quantitative estimate of drug-likeness (QED) is 0.358. The van der Waals surface area contributed by atoms with Crippen molar-refractivity contribution in [3.63, 3.8) is 0 Å². The second-order valence-corrected chi connectivity index (χ2v) is 3.82. The van der Waals surface area contributed by atoms with E-state index in [0.29, 0.717) is 0 Å². The van der Waals surface area contributed by atoms with Crippen LogP contribution in [0.1, 0.15) is 10.4 Å². The van der Waals surface area contributed by atoms with E-state index < -0.39 is 32.9 Å². The molecule has 0 heterocycles. The Balaban J connectivity index is 3.62. The number of carbonyl (C=O) groups is 1. The third-order valence-electron chi connectivity index (χ3n) is 2.16. The van der Waals surface area contributed by atoms with Gasteiger partial charge < -0.3 is 15.8 Å². The Morgan fingerprint density at radius 3 is 2.05 bits per heavy atom. The van der Waals surface area contributed by atoms with E-state index in [4.69, 9.17) is 5.73 Å². The summed E-state index contributed by atoms with van der Waals surface area (Å²) in [6.07, 6.45) is 0. The van der Waals surface area contributed by atoms with Gasteiger partial charge in [-0.3, -0.25) is 20.2 Å². The molecule has 0 aliphatic heterocycles. The summed E-state index contributed by atoms with van der Waals surface area (Å²) in [5.74, 6) is -0.946. The molecule has 106 valence electrons. The van der Waals surface area contributed by atoms with E-state index in [9.17, 15) is 25.0 Å². The van der Waals surface area contributed by atoms with Gasteiger partial charge in [-0.1, -0.05) is 0 Å². The van der Waals surface area contributed by atoms with Gasteiger partial charge >= 0.3 is 17.3 Å². The minimum atomic E-state index is -0.946. The Morgan fingerprint density at radius 1 is 1.30 bits per heavy atom. The molecule has 0 amide bonds. The molecule has 0 saturated carbocycles. The fraction of sp³-hybridized carbons (Fsp3) is 0.111. The number of nitro benzene ring substituents is 2. The number of benzene rings is 1. The van der Waals surface area contributed by atoms with Crippen LogP contribution in [0.2, 0.25) is 0 Å². The van der Waals surface area contributed by atoms with Gasteiger partial charge in [-0.2, -0.15) is 0 Å². The van der Waals surface area contributed by atoms with Crippen LogP contribution in [-0.2, 0) is 4.74 Å². The normalized spacial score (nSPS) is 9.65. The molecule has 0 aromatic heterocycles. The van der Waals surface area contributed by atoms with Crippen LogP contribution in [0.4, 0.5) is 17.1 Å². The standard InChI is InChI=1S/C9H8N4O6S/c1-19-8(14)4-2-5(12(15)16)7(11-9(10)20)6(3-4)13(17)18/h2-3H,1H3,(H3,10,11,20). The van der Waals surface area contributed by atoms with Crippen molar-refractivity contribution in [3.05, 3.63) is 37.9 Å². The molecule has 11 heteroatoms. The molecule has 0 aliphatic rings. The molecule has 1 rings (SSSR count). The van der Waals surface area contributed by atoms with Crippen molar-refractivity contribution >= 4 is 40.4 Å². The zero-order chi connectivity index (χ0) is 15.4. The third kappa shape index (κ3) is 3.14. The number of esters is 1.